The molecule has 0 aliphatic carbocycles. The lowest BCUT2D eigenvalue weighted by atomic mass is 10.1. The Balaban J connectivity index is 2.51. The monoisotopic (exact) mass is 197 g/mol. The van der Waals surface area contributed by atoms with Gasteiger partial charge in [0.2, 0.25) is 0 Å². The Morgan fingerprint density at radius 2 is 2.13 bits per heavy atom. The second kappa shape index (κ2) is 3.50. The first-order valence-corrected chi connectivity index (χ1v) is 4.66. The van der Waals surface area contributed by atoms with Gasteiger partial charge in [-0.2, -0.15) is 5.26 Å². The molecule has 0 amide bonds. The second-order valence-electron chi connectivity index (χ2n) is 3.49. The summed E-state index contributed by atoms with van der Waals surface area (Å²) in [7, 11) is 0. The Morgan fingerprint density at radius 3 is 2.73 bits per heavy atom. The van der Waals surface area contributed by atoms with E-state index in [2.05, 4.69) is 4.98 Å². The first-order valence-electron chi connectivity index (χ1n) is 4.66. The molecule has 0 saturated heterocycles. The Hall–Kier alpha value is -2.21. The lowest BCUT2D eigenvalue weighted by Gasteiger charge is -1.98. The van der Waals surface area contributed by atoms with E-state index in [4.69, 9.17) is 11.0 Å². The van der Waals surface area contributed by atoms with Crippen molar-refractivity contribution in [3.05, 3.63) is 41.5 Å². The molecule has 74 valence electrons. The number of aryl methyl sites for hydroxylation is 1. The fourth-order valence-electron chi connectivity index (χ4n) is 1.53. The van der Waals surface area contributed by atoms with Gasteiger partial charge in [-0.05, 0) is 24.6 Å². The molecule has 0 fully saturated rings. The van der Waals surface area contributed by atoms with Gasteiger partial charge in [0.15, 0.2) is 0 Å². The number of anilines is 1. The molecule has 0 bridgehead atoms. The highest BCUT2D eigenvalue weighted by Crippen LogP contribution is 2.23. The summed E-state index contributed by atoms with van der Waals surface area (Å²) in [6, 6.07) is 11.9. The van der Waals surface area contributed by atoms with E-state index in [9.17, 15) is 0 Å². The molecular formula is C12H11N3. The van der Waals surface area contributed by atoms with Gasteiger partial charge in [0.1, 0.15) is 11.9 Å². The van der Waals surface area contributed by atoms with E-state index in [1.165, 1.54) is 5.56 Å². The van der Waals surface area contributed by atoms with Gasteiger partial charge < -0.3 is 10.7 Å². The van der Waals surface area contributed by atoms with Crippen molar-refractivity contribution >= 4 is 5.82 Å². The quantitative estimate of drug-likeness (QED) is 0.737. The molecule has 0 aliphatic heterocycles. The van der Waals surface area contributed by atoms with Gasteiger partial charge in [0.05, 0.1) is 5.56 Å². The number of hydrogen-bond donors (Lipinski definition) is 2. The van der Waals surface area contributed by atoms with Crippen LogP contribution in [0.2, 0.25) is 0 Å². The van der Waals surface area contributed by atoms with Crippen molar-refractivity contribution in [3.8, 4) is 17.3 Å². The smallest absolute Gasteiger partial charge is 0.119 e. The first kappa shape index (κ1) is 9.35. The summed E-state index contributed by atoms with van der Waals surface area (Å²) in [5.41, 5.74) is 9.25. The minimum atomic E-state index is 0.425. The minimum absolute atomic E-state index is 0.425. The molecule has 1 aromatic carbocycles. The maximum atomic E-state index is 8.78. The average Bonchev–Trinajstić information content (AvgIpc) is 2.60. The lowest BCUT2D eigenvalue weighted by Crippen LogP contribution is -1.86. The number of nitrogens with one attached hydrogen (secondary N) is 1. The van der Waals surface area contributed by atoms with Crippen molar-refractivity contribution in [1.82, 2.24) is 4.98 Å². The zero-order chi connectivity index (χ0) is 10.8. The van der Waals surface area contributed by atoms with E-state index >= 15 is 0 Å². The fourth-order valence-corrected chi connectivity index (χ4v) is 1.53. The largest absolute Gasteiger partial charge is 0.384 e. The summed E-state index contributed by atoms with van der Waals surface area (Å²) in [4.78, 5) is 2.99. The Labute approximate surface area is 88.2 Å². The number of nitrogen functional groups attached to an aromatic ring is 1. The van der Waals surface area contributed by atoms with Crippen molar-refractivity contribution < 1.29 is 0 Å². The third kappa shape index (κ3) is 1.70. The number of rotatable bonds is 1. The number of nitriles is 1. The highest BCUT2D eigenvalue weighted by molar-refractivity contribution is 5.67. The van der Waals surface area contributed by atoms with Gasteiger partial charge in [0.25, 0.3) is 0 Å². The van der Waals surface area contributed by atoms with Crippen LogP contribution in [-0.2, 0) is 0 Å². The van der Waals surface area contributed by atoms with Crippen molar-refractivity contribution in [2.45, 2.75) is 6.92 Å². The van der Waals surface area contributed by atoms with Gasteiger partial charge in [-0.25, -0.2) is 0 Å². The van der Waals surface area contributed by atoms with E-state index in [1.807, 2.05) is 37.3 Å². The van der Waals surface area contributed by atoms with Crippen LogP contribution in [0.5, 0.6) is 0 Å². The van der Waals surface area contributed by atoms with Gasteiger partial charge in [-0.15, -0.1) is 0 Å². The van der Waals surface area contributed by atoms with Crippen LogP contribution in [0.3, 0.4) is 0 Å². The molecule has 0 aliphatic rings. The van der Waals surface area contributed by atoms with E-state index in [1.54, 1.807) is 6.07 Å². The molecule has 3 N–H and O–H groups in total. The zero-order valence-corrected chi connectivity index (χ0v) is 8.41. The third-order valence-electron chi connectivity index (χ3n) is 2.30. The highest BCUT2D eigenvalue weighted by Gasteiger charge is 2.05. The Bertz CT molecular complexity index is 532. The van der Waals surface area contributed by atoms with Crippen molar-refractivity contribution in [2.24, 2.45) is 0 Å². The molecule has 3 heteroatoms. The second-order valence-corrected chi connectivity index (χ2v) is 3.49. The predicted octanol–water partition coefficient (Wildman–Crippen LogP) is 2.44. The van der Waals surface area contributed by atoms with Crippen LogP contribution in [0.4, 0.5) is 5.82 Å². The lowest BCUT2D eigenvalue weighted by molar-refractivity contribution is 1.38. The molecule has 0 unspecified atom stereocenters. The SMILES string of the molecule is Cc1cccc(-c2cc(C#N)c(N)[nH]2)c1. The molecule has 0 saturated carbocycles. The van der Waals surface area contributed by atoms with Crippen LogP contribution in [0.25, 0.3) is 11.3 Å². The molecular weight excluding hydrogens is 186 g/mol. The van der Waals surface area contributed by atoms with E-state index in [0.717, 1.165) is 11.3 Å². The molecule has 1 heterocycles. The highest BCUT2D eigenvalue weighted by atomic mass is 14.9. The van der Waals surface area contributed by atoms with Crippen molar-refractivity contribution in [3.63, 3.8) is 0 Å². The minimum Gasteiger partial charge on any atom is -0.384 e. The van der Waals surface area contributed by atoms with Crippen LogP contribution in [0, 0.1) is 18.3 Å². The van der Waals surface area contributed by atoms with Crippen LogP contribution in [0.1, 0.15) is 11.1 Å². The molecule has 2 rings (SSSR count). The number of nitrogens with zero attached hydrogens (tertiary/aromatic N) is 1. The fraction of sp³-hybridized carbons (Fsp3) is 0.0833. The molecule has 2 aromatic rings. The van der Waals surface area contributed by atoms with Crippen LogP contribution in [-0.4, -0.2) is 4.98 Å². The Kier molecular flexibility index (Phi) is 2.18. The van der Waals surface area contributed by atoms with E-state index in [0.29, 0.717) is 11.4 Å². The number of nitrogens with two attached hydrogens (primary N) is 1. The first-order chi connectivity index (χ1) is 7.20. The molecule has 0 spiro atoms. The molecule has 0 radical (unpaired) electrons. The molecule has 0 atom stereocenters. The summed E-state index contributed by atoms with van der Waals surface area (Å²) < 4.78 is 0. The molecule has 3 nitrogen and oxygen atoms in total. The number of H-pyrrole nitrogens is 1. The van der Waals surface area contributed by atoms with Gasteiger partial charge in [-0.1, -0.05) is 23.8 Å². The summed E-state index contributed by atoms with van der Waals surface area (Å²) in [6.07, 6.45) is 0. The average molecular weight is 197 g/mol. The van der Waals surface area contributed by atoms with Crippen LogP contribution >= 0.6 is 0 Å². The number of aromatic nitrogens is 1. The van der Waals surface area contributed by atoms with Crippen molar-refractivity contribution in [2.75, 3.05) is 5.73 Å². The Morgan fingerprint density at radius 1 is 1.33 bits per heavy atom. The van der Waals surface area contributed by atoms with Crippen LogP contribution in [0.15, 0.2) is 30.3 Å². The number of aromatic amines is 1. The van der Waals surface area contributed by atoms with Gasteiger partial charge in [0, 0.05) is 5.69 Å². The molecule has 1 aromatic heterocycles. The van der Waals surface area contributed by atoms with E-state index in [-0.39, 0.29) is 0 Å². The predicted molar refractivity (Wildman–Crippen MR) is 60.1 cm³/mol. The third-order valence-corrected chi connectivity index (χ3v) is 2.30. The molecule has 15 heavy (non-hydrogen) atoms. The van der Waals surface area contributed by atoms with Gasteiger partial charge in [-0.3, -0.25) is 0 Å². The van der Waals surface area contributed by atoms with Crippen LogP contribution < -0.4 is 5.73 Å². The topological polar surface area (TPSA) is 65.6 Å². The summed E-state index contributed by atoms with van der Waals surface area (Å²) >= 11 is 0. The summed E-state index contributed by atoms with van der Waals surface area (Å²) in [5, 5.41) is 8.78. The summed E-state index contributed by atoms with van der Waals surface area (Å²) in [6.45, 7) is 2.03. The maximum Gasteiger partial charge on any atom is 0.119 e. The number of hydrogen-bond acceptors (Lipinski definition) is 2. The van der Waals surface area contributed by atoms with E-state index < -0.39 is 0 Å². The zero-order valence-electron chi connectivity index (χ0n) is 8.41. The van der Waals surface area contributed by atoms with Crippen molar-refractivity contribution in [1.29, 1.82) is 5.26 Å². The normalized spacial score (nSPS) is 9.87. The summed E-state index contributed by atoms with van der Waals surface area (Å²) in [5.74, 6) is 0.425. The van der Waals surface area contributed by atoms with Gasteiger partial charge >= 0.3 is 0 Å². The standard InChI is InChI=1S/C12H11N3/c1-8-3-2-4-9(5-8)11-6-10(7-13)12(14)15-11/h2-6,15H,14H2,1H3. The maximum absolute atomic E-state index is 8.78. The number of benzene rings is 1.